The highest BCUT2D eigenvalue weighted by Gasteiger charge is 2.14. The highest BCUT2D eigenvalue weighted by molar-refractivity contribution is 5.79. The normalized spacial score (nSPS) is 14.2. The Morgan fingerprint density at radius 2 is 2.07 bits per heavy atom. The molecule has 1 aromatic carbocycles. The molecule has 0 saturated heterocycles. The summed E-state index contributed by atoms with van der Waals surface area (Å²) in [6, 6.07) is 6.20. The standard InChI is InChI=1S/C22H34N6O2/c1-4-23-22(25-16-21-27-26-20-8-6-5-7-11-28(20)21)24-15-18-10-9-17(2)14-19(18)30-13-12-29-3/h9-10,14H,4-8,11-13,15-16H2,1-3H3,(H2,23,24,25). The van der Waals surface area contributed by atoms with Crippen LogP contribution in [-0.4, -0.2) is 47.6 Å². The van der Waals surface area contributed by atoms with Gasteiger partial charge in [-0.1, -0.05) is 18.6 Å². The number of hydrogen-bond donors (Lipinski definition) is 2. The number of nitrogens with one attached hydrogen (secondary N) is 2. The first-order valence-corrected chi connectivity index (χ1v) is 10.9. The van der Waals surface area contributed by atoms with E-state index in [0.717, 1.165) is 54.0 Å². The van der Waals surface area contributed by atoms with E-state index in [9.17, 15) is 0 Å². The SMILES string of the molecule is CCNC(=NCc1ccc(C)cc1OCCOC)NCc1nnc2n1CCCCC2. The third-order valence-corrected chi connectivity index (χ3v) is 5.12. The van der Waals surface area contributed by atoms with Crippen molar-refractivity contribution >= 4 is 5.96 Å². The number of benzene rings is 1. The first kappa shape index (κ1) is 22.1. The Balaban J connectivity index is 1.66. The second kappa shape index (κ2) is 11.5. The maximum atomic E-state index is 5.89. The van der Waals surface area contributed by atoms with Crippen LogP contribution in [-0.2, 0) is 30.8 Å². The van der Waals surface area contributed by atoms with Gasteiger partial charge in [-0.15, -0.1) is 10.2 Å². The molecule has 0 unspecified atom stereocenters. The first-order chi connectivity index (χ1) is 14.7. The van der Waals surface area contributed by atoms with Crippen molar-refractivity contribution in [2.24, 2.45) is 4.99 Å². The summed E-state index contributed by atoms with van der Waals surface area (Å²) in [4.78, 5) is 4.76. The van der Waals surface area contributed by atoms with Gasteiger partial charge in [0.1, 0.15) is 18.2 Å². The number of ether oxygens (including phenoxy) is 2. The number of aryl methyl sites for hydroxylation is 2. The molecule has 0 saturated carbocycles. The van der Waals surface area contributed by atoms with Gasteiger partial charge in [0.15, 0.2) is 11.8 Å². The average molecular weight is 415 g/mol. The molecule has 0 aliphatic carbocycles. The molecule has 2 N–H and O–H groups in total. The highest BCUT2D eigenvalue weighted by atomic mass is 16.5. The molecule has 2 aromatic rings. The summed E-state index contributed by atoms with van der Waals surface area (Å²) in [5, 5.41) is 15.5. The quantitative estimate of drug-likeness (QED) is 0.373. The van der Waals surface area contributed by atoms with Gasteiger partial charge in [0.25, 0.3) is 0 Å². The third kappa shape index (κ3) is 6.19. The minimum absolute atomic E-state index is 0.521. The fourth-order valence-corrected chi connectivity index (χ4v) is 3.51. The van der Waals surface area contributed by atoms with Crippen LogP contribution in [0.2, 0.25) is 0 Å². The van der Waals surface area contributed by atoms with Crippen molar-refractivity contribution in [3.05, 3.63) is 41.0 Å². The highest BCUT2D eigenvalue weighted by Crippen LogP contribution is 2.21. The molecule has 1 aliphatic rings. The topological polar surface area (TPSA) is 85.6 Å². The van der Waals surface area contributed by atoms with Crippen molar-refractivity contribution in [1.82, 2.24) is 25.4 Å². The molecule has 8 heteroatoms. The van der Waals surface area contributed by atoms with Crippen LogP contribution in [0.5, 0.6) is 5.75 Å². The van der Waals surface area contributed by atoms with Crippen LogP contribution < -0.4 is 15.4 Å². The molecule has 0 radical (unpaired) electrons. The molecule has 8 nitrogen and oxygen atoms in total. The van der Waals surface area contributed by atoms with E-state index in [1.165, 1.54) is 19.3 Å². The lowest BCUT2D eigenvalue weighted by molar-refractivity contribution is 0.145. The molecule has 0 atom stereocenters. The Labute approximate surface area is 179 Å². The zero-order valence-corrected chi connectivity index (χ0v) is 18.4. The zero-order chi connectivity index (χ0) is 21.2. The van der Waals surface area contributed by atoms with Gasteiger partial charge in [-0.2, -0.15) is 0 Å². The number of methoxy groups -OCH3 is 1. The molecule has 0 fully saturated rings. The lowest BCUT2D eigenvalue weighted by Gasteiger charge is -2.14. The Hall–Kier alpha value is -2.61. The minimum Gasteiger partial charge on any atom is -0.491 e. The van der Waals surface area contributed by atoms with Crippen LogP contribution in [0.25, 0.3) is 0 Å². The maximum absolute atomic E-state index is 5.89. The van der Waals surface area contributed by atoms with Gasteiger partial charge in [-0.3, -0.25) is 0 Å². The Kier molecular flexibility index (Phi) is 8.50. The molecule has 3 rings (SSSR count). The van der Waals surface area contributed by atoms with E-state index >= 15 is 0 Å². The first-order valence-electron chi connectivity index (χ1n) is 10.9. The van der Waals surface area contributed by atoms with Crippen LogP contribution in [0.3, 0.4) is 0 Å². The fraction of sp³-hybridized carbons (Fsp3) is 0.591. The van der Waals surface area contributed by atoms with Crippen LogP contribution in [0.4, 0.5) is 0 Å². The predicted octanol–water partition coefficient (Wildman–Crippen LogP) is 2.59. The summed E-state index contributed by atoms with van der Waals surface area (Å²) in [5.41, 5.74) is 2.21. The Morgan fingerprint density at radius 1 is 1.17 bits per heavy atom. The van der Waals surface area contributed by atoms with E-state index in [-0.39, 0.29) is 0 Å². The maximum Gasteiger partial charge on any atom is 0.191 e. The van der Waals surface area contributed by atoms with Crippen molar-refractivity contribution in [2.45, 2.75) is 59.2 Å². The van der Waals surface area contributed by atoms with Crippen LogP contribution in [0, 0.1) is 6.92 Å². The number of nitrogens with zero attached hydrogens (tertiary/aromatic N) is 4. The second-order valence-electron chi connectivity index (χ2n) is 7.50. The Morgan fingerprint density at radius 3 is 2.90 bits per heavy atom. The lowest BCUT2D eigenvalue weighted by Crippen LogP contribution is -2.37. The number of hydrogen-bond acceptors (Lipinski definition) is 5. The van der Waals surface area contributed by atoms with Crippen molar-refractivity contribution < 1.29 is 9.47 Å². The van der Waals surface area contributed by atoms with Crippen LogP contribution in [0.15, 0.2) is 23.2 Å². The molecule has 0 amide bonds. The van der Waals surface area contributed by atoms with Crippen molar-refractivity contribution in [1.29, 1.82) is 0 Å². The molecule has 1 aromatic heterocycles. The minimum atomic E-state index is 0.521. The van der Waals surface area contributed by atoms with E-state index < -0.39 is 0 Å². The molecule has 1 aliphatic heterocycles. The van der Waals surface area contributed by atoms with Crippen LogP contribution in [0.1, 0.15) is 49.0 Å². The number of aliphatic imine (C=N–C) groups is 1. The van der Waals surface area contributed by atoms with Crippen molar-refractivity contribution in [2.75, 3.05) is 26.9 Å². The molecule has 0 spiro atoms. The number of rotatable bonds is 9. The van der Waals surface area contributed by atoms with Gasteiger partial charge in [0.2, 0.25) is 0 Å². The van der Waals surface area contributed by atoms with E-state index in [1.807, 2.05) is 6.07 Å². The molecular weight excluding hydrogens is 380 g/mol. The molecule has 164 valence electrons. The predicted molar refractivity (Wildman–Crippen MR) is 118 cm³/mol. The van der Waals surface area contributed by atoms with Crippen molar-refractivity contribution in [3.8, 4) is 5.75 Å². The van der Waals surface area contributed by atoms with Crippen LogP contribution >= 0.6 is 0 Å². The van der Waals surface area contributed by atoms with Gasteiger partial charge in [0, 0.05) is 32.2 Å². The largest absolute Gasteiger partial charge is 0.491 e. The van der Waals surface area contributed by atoms with E-state index in [0.29, 0.717) is 26.3 Å². The average Bonchev–Trinajstić information content (AvgIpc) is 2.97. The van der Waals surface area contributed by atoms with E-state index in [2.05, 4.69) is 51.4 Å². The summed E-state index contributed by atoms with van der Waals surface area (Å²) in [7, 11) is 1.67. The summed E-state index contributed by atoms with van der Waals surface area (Å²) < 4.78 is 13.2. The number of guanidine groups is 1. The zero-order valence-electron chi connectivity index (χ0n) is 18.4. The monoisotopic (exact) mass is 414 g/mol. The molecule has 30 heavy (non-hydrogen) atoms. The summed E-state index contributed by atoms with van der Waals surface area (Å²) in [5.74, 6) is 3.68. The summed E-state index contributed by atoms with van der Waals surface area (Å²) in [6.07, 6.45) is 4.65. The van der Waals surface area contributed by atoms with Crippen molar-refractivity contribution in [3.63, 3.8) is 0 Å². The smallest absolute Gasteiger partial charge is 0.191 e. The third-order valence-electron chi connectivity index (χ3n) is 5.12. The van der Waals surface area contributed by atoms with Gasteiger partial charge < -0.3 is 24.7 Å². The van der Waals surface area contributed by atoms with Gasteiger partial charge in [-0.05, 0) is 38.3 Å². The number of fused-ring (bicyclic) bond motifs is 1. The summed E-state index contributed by atoms with van der Waals surface area (Å²) in [6.45, 7) is 8.11. The second-order valence-corrected chi connectivity index (χ2v) is 7.50. The lowest BCUT2D eigenvalue weighted by atomic mass is 10.1. The summed E-state index contributed by atoms with van der Waals surface area (Å²) >= 11 is 0. The number of aromatic nitrogens is 3. The van der Waals surface area contributed by atoms with Gasteiger partial charge in [-0.25, -0.2) is 4.99 Å². The van der Waals surface area contributed by atoms with E-state index in [1.54, 1.807) is 7.11 Å². The Bertz CT molecular complexity index is 833. The van der Waals surface area contributed by atoms with E-state index in [4.69, 9.17) is 14.5 Å². The van der Waals surface area contributed by atoms with Gasteiger partial charge >= 0.3 is 0 Å². The van der Waals surface area contributed by atoms with Gasteiger partial charge in [0.05, 0.1) is 19.7 Å². The molecular formula is C22H34N6O2. The molecule has 2 heterocycles. The fourth-order valence-electron chi connectivity index (χ4n) is 3.51. The molecule has 0 bridgehead atoms.